The average molecular weight is 357 g/mol. The fourth-order valence-corrected chi connectivity index (χ4v) is 3.74. The molecule has 5 aromatic rings. The van der Waals surface area contributed by atoms with Gasteiger partial charge in [0.15, 0.2) is 0 Å². The molecule has 132 valence electrons. The molecule has 2 aromatic heterocycles. The third kappa shape index (κ3) is 2.45. The Morgan fingerprint density at radius 1 is 0.926 bits per heavy atom. The van der Waals surface area contributed by atoms with Gasteiger partial charge < -0.3 is 4.42 Å². The molecule has 0 radical (unpaired) electrons. The number of fused-ring (bicyclic) bond motifs is 3. The first kappa shape index (κ1) is 15.8. The van der Waals surface area contributed by atoms with Crippen molar-refractivity contribution >= 4 is 21.9 Å². The molecule has 5 rings (SSSR count). The number of rotatable bonds is 2. The van der Waals surface area contributed by atoms with E-state index in [0.29, 0.717) is 5.58 Å². The molecule has 0 unspecified atom stereocenters. The van der Waals surface area contributed by atoms with Gasteiger partial charge in [0.05, 0.1) is 12.6 Å². The van der Waals surface area contributed by atoms with Crippen LogP contribution in [0.25, 0.3) is 39.0 Å². The second kappa shape index (κ2) is 5.81. The number of furan rings is 1. The molecule has 0 N–H and O–H groups in total. The van der Waals surface area contributed by atoms with Crippen LogP contribution in [0.2, 0.25) is 0 Å². The summed E-state index contributed by atoms with van der Waals surface area (Å²) in [5.41, 5.74) is 4.65. The Kier molecular flexibility index (Phi) is 3.41. The van der Waals surface area contributed by atoms with Gasteiger partial charge in [-0.25, -0.2) is 8.96 Å². The third-order valence-corrected chi connectivity index (χ3v) is 5.06. The van der Waals surface area contributed by atoms with Gasteiger partial charge in [-0.05, 0) is 48.9 Å². The van der Waals surface area contributed by atoms with Gasteiger partial charge in [-0.1, -0.05) is 18.2 Å². The molecule has 0 saturated heterocycles. The van der Waals surface area contributed by atoms with Crippen molar-refractivity contribution in [3.8, 4) is 17.1 Å². The molecule has 3 nitrogen and oxygen atoms in total. The number of aromatic nitrogens is 2. The normalized spacial score (nSPS) is 11.5. The minimum atomic E-state index is -0.289. The van der Waals surface area contributed by atoms with E-state index < -0.39 is 0 Å². The predicted molar refractivity (Wildman–Crippen MR) is 104 cm³/mol. The largest absolute Gasteiger partial charge is 0.456 e. The van der Waals surface area contributed by atoms with Crippen molar-refractivity contribution in [2.75, 3.05) is 0 Å². The highest BCUT2D eigenvalue weighted by Crippen LogP contribution is 2.34. The maximum atomic E-state index is 13.6. The van der Waals surface area contributed by atoms with E-state index in [1.807, 2.05) is 31.4 Å². The molecule has 0 saturated carbocycles. The van der Waals surface area contributed by atoms with E-state index in [4.69, 9.17) is 4.42 Å². The van der Waals surface area contributed by atoms with Crippen LogP contribution in [0.15, 0.2) is 77.5 Å². The van der Waals surface area contributed by atoms with Gasteiger partial charge in [0.1, 0.15) is 35.1 Å². The highest BCUT2D eigenvalue weighted by Gasteiger charge is 2.22. The van der Waals surface area contributed by atoms with Crippen LogP contribution < -0.4 is 4.57 Å². The second-order valence-corrected chi connectivity index (χ2v) is 6.84. The quantitative estimate of drug-likeness (QED) is 0.392. The van der Waals surface area contributed by atoms with E-state index in [2.05, 4.69) is 46.5 Å². The minimum Gasteiger partial charge on any atom is -0.456 e. The maximum absolute atomic E-state index is 13.6. The molecule has 0 spiro atoms. The number of halogens is 1. The van der Waals surface area contributed by atoms with E-state index in [9.17, 15) is 4.39 Å². The molecule has 0 amide bonds. The number of aryl methyl sites for hydroxylation is 2. The Labute approximate surface area is 155 Å². The molecule has 4 heteroatoms. The summed E-state index contributed by atoms with van der Waals surface area (Å²) >= 11 is 0. The Morgan fingerprint density at radius 3 is 2.52 bits per heavy atom. The fraction of sp³-hybridized carbons (Fsp3) is 0.0870. The van der Waals surface area contributed by atoms with Crippen LogP contribution in [-0.4, -0.2) is 4.57 Å². The number of hydrogen-bond acceptors (Lipinski definition) is 1. The van der Waals surface area contributed by atoms with Crippen LogP contribution >= 0.6 is 0 Å². The molecule has 0 aliphatic rings. The topological polar surface area (TPSA) is 21.9 Å². The molecule has 0 atom stereocenters. The molecular weight excluding hydrogens is 339 g/mol. The first-order valence-corrected chi connectivity index (χ1v) is 8.87. The van der Waals surface area contributed by atoms with E-state index in [1.54, 1.807) is 6.07 Å². The lowest BCUT2D eigenvalue weighted by atomic mass is 10.0. The maximum Gasteiger partial charge on any atom is 0.294 e. The van der Waals surface area contributed by atoms with Gasteiger partial charge in [-0.2, -0.15) is 4.57 Å². The molecule has 0 fully saturated rings. The van der Waals surface area contributed by atoms with Gasteiger partial charge in [0, 0.05) is 16.8 Å². The zero-order valence-corrected chi connectivity index (χ0v) is 15.1. The number of benzene rings is 3. The molecule has 0 bridgehead atoms. The van der Waals surface area contributed by atoms with Crippen molar-refractivity contribution in [3.63, 3.8) is 0 Å². The van der Waals surface area contributed by atoms with Crippen LogP contribution in [0.5, 0.6) is 0 Å². The second-order valence-electron chi connectivity index (χ2n) is 6.84. The first-order valence-electron chi connectivity index (χ1n) is 8.87. The summed E-state index contributed by atoms with van der Waals surface area (Å²) in [5.74, 6) is 0.773. The fourth-order valence-electron chi connectivity index (χ4n) is 3.74. The Balaban J connectivity index is 1.78. The Hall–Kier alpha value is -3.40. The van der Waals surface area contributed by atoms with E-state index in [1.165, 1.54) is 12.1 Å². The summed E-state index contributed by atoms with van der Waals surface area (Å²) in [4.78, 5) is 0. The molecular formula is C23H18FN2O+. The summed E-state index contributed by atoms with van der Waals surface area (Å²) in [5, 5.41) is 1.94. The van der Waals surface area contributed by atoms with Crippen molar-refractivity contribution < 1.29 is 13.4 Å². The highest BCUT2D eigenvalue weighted by atomic mass is 19.1. The number of imidazole rings is 1. The molecule has 3 aromatic carbocycles. The van der Waals surface area contributed by atoms with Crippen molar-refractivity contribution in [2.24, 2.45) is 7.05 Å². The van der Waals surface area contributed by atoms with E-state index >= 15 is 0 Å². The standard InChI is InChI=1S/C23H18FN2O/c1-15-12-20-18-9-8-16(24)13-21(18)27-22(20)14-19(15)23-25(2)10-11-26(23)17-6-4-3-5-7-17/h3-14H,1-2H3/q+1. The van der Waals surface area contributed by atoms with Crippen LogP contribution in [0.1, 0.15) is 5.56 Å². The average Bonchev–Trinajstić information content (AvgIpc) is 3.21. The minimum absolute atomic E-state index is 0.289. The molecule has 2 heterocycles. The lowest BCUT2D eigenvalue weighted by Gasteiger charge is -2.06. The molecule has 27 heavy (non-hydrogen) atoms. The summed E-state index contributed by atoms with van der Waals surface area (Å²) in [6.45, 7) is 2.10. The molecule has 0 aliphatic carbocycles. The zero-order valence-electron chi connectivity index (χ0n) is 15.1. The van der Waals surface area contributed by atoms with Gasteiger partial charge in [0.2, 0.25) is 0 Å². The lowest BCUT2D eigenvalue weighted by molar-refractivity contribution is -0.659. The monoisotopic (exact) mass is 357 g/mol. The van der Waals surface area contributed by atoms with Crippen LogP contribution in [-0.2, 0) is 7.05 Å². The van der Waals surface area contributed by atoms with Crippen LogP contribution in [0, 0.1) is 12.7 Å². The van der Waals surface area contributed by atoms with E-state index in [-0.39, 0.29) is 5.82 Å². The van der Waals surface area contributed by atoms with Crippen molar-refractivity contribution in [1.82, 2.24) is 4.57 Å². The van der Waals surface area contributed by atoms with Gasteiger partial charge in [0.25, 0.3) is 5.82 Å². The van der Waals surface area contributed by atoms with Gasteiger partial charge in [-0.15, -0.1) is 0 Å². The smallest absolute Gasteiger partial charge is 0.294 e. The van der Waals surface area contributed by atoms with Crippen molar-refractivity contribution in [3.05, 3.63) is 84.4 Å². The summed E-state index contributed by atoms with van der Waals surface area (Å²) in [6.07, 6.45) is 4.10. The van der Waals surface area contributed by atoms with E-state index in [0.717, 1.165) is 39.0 Å². The number of nitrogens with zero attached hydrogens (tertiary/aromatic N) is 2. The van der Waals surface area contributed by atoms with Gasteiger partial charge in [-0.3, -0.25) is 0 Å². The van der Waals surface area contributed by atoms with Crippen molar-refractivity contribution in [1.29, 1.82) is 0 Å². The summed E-state index contributed by atoms with van der Waals surface area (Å²) in [6, 6.07) is 19.1. The zero-order chi connectivity index (χ0) is 18.5. The first-order chi connectivity index (χ1) is 13.1. The summed E-state index contributed by atoms with van der Waals surface area (Å²) in [7, 11) is 2.03. The Morgan fingerprint density at radius 2 is 1.70 bits per heavy atom. The summed E-state index contributed by atoms with van der Waals surface area (Å²) < 4.78 is 23.8. The van der Waals surface area contributed by atoms with Crippen molar-refractivity contribution in [2.45, 2.75) is 6.92 Å². The SMILES string of the molecule is Cc1cc2c(cc1-c1n(-c3ccccc3)cc[n+]1C)oc1cc(F)ccc12. The third-order valence-electron chi connectivity index (χ3n) is 5.06. The lowest BCUT2D eigenvalue weighted by Crippen LogP contribution is -2.29. The number of hydrogen-bond donors (Lipinski definition) is 0. The van der Waals surface area contributed by atoms with Crippen LogP contribution in [0.3, 0.4) is 0 Å². The predicted octanol–water partition coefficient (Wildman–Crippen LogP) is 5.32. The highest BCUT2D eigenvalue weighted by molar-refractivity contribution is 6.06. The molecule has 0 aliphatic heterocycles. The Bertz CT molecular complexity index is 1300. The van der Waals surface area contributed by atoms with Gasteiger partial charge >= 0.3 is 0 Å². The number of para-hydroxylation sites is 1. The van der Waals surface area contributed by atoms with Crippen LogP contribution in [0.4, 0.5) is 4.39 Å².